The molecule has 0 saturated carbocycles. The molecule has 7 heteroatoms. The van der Waals surface area contributed by atoms with Gasteiger partial charge in [0, 0.05) is 5.02 Å². The van der Waals surface area contributed by atoms with Gasteiger partial charge in [-0.05, 0) is 47.5 Å². The van der Waals surface area contributed by atoms with Crippen LogP contribution in [0.25, 0.3) is 11.3 Å². The van der Waals surface area contributed by atoms with E-state index in [1.54, 1.807) is 30.3 Å². The van der Waals surface area contributed by atoms with Crippen LogP contribution in [0, 0.1) is 11.3 Å². The van der Waals surface area contributed by atoms with E-state index in [4.69, 9.17) is 16.9 Å². The smallest absolute Gasteiger partial charge is 0.303 e. The predicted molar refractivity (Wildman–Crippen MR) is 96.4 cm³/mol. The number of benzene rings is 2. The third kappa shape index (κ3) is 4.04. The molecule has 0 bridgehead atoms. The summed E-state index contributed by atoms with van der Waals surface area (Å²) in [4.78, 5) is 12.6. The Bertz CT molecular complexity index is 1060. The largest absolute Gasteiger partial charge is 0.416 e. The number of halogens is 4. The third-order valence-corrected chi connectivity index (χ3v) is 4.31. The first-order valence-electron chi connectivity index (χ1n) is 7.85. The Morgan fingerprint density at radius 2 is 1.59 bits per heavy atom. The van der Waals surface area contributed by atoms with Crippen molar-refractivity contribution in [1.29, 1.82) is 5.26 Å². The zero-order chi connectivity index (χ0) is 19.6. The fourth-order valence-corrected chi connectivity index (χ4v) is 2.80. The average Bonchev–Trinajstić information content (AvgIpc) is 2.64. The molecule has 3 aromatic rings. The molecule has 0 aliphatic rings. The van der Waals surface area contributed by atoms with Crippen molar-refractivity contribution in [3.8, 4) is 17.3 Å². The van der Waals surface area contributed by atoms with E-state index < -0.39 is 17.3 Å². The minimum atomic E-state index is -4.43. The fourth-order valence-electron chi connectivity index (χ4n) is 2.67. The van der Waals surface area contributed by atoms with Crippen LogP contribution in [0.15, 0.2) is 65.5 Å². The Kier molecular flexibility index (Phi) is 5.06. The van der Waals surface area contributed by atoms with Crippen molar-refractivity contribution < 1.29 is 13.2 Å². The zero-order valence-corrected chi connectivity index (χ0v) is 14.6. The van der Waals surface area contributed by atoms with E-state index in [-0.39, 0.29) is 12.1 Å². The summed E-state index contributed by atoms with van der Waals surface area (Å²) >= 11 is 5.90. The summed E-state index contributed by atoms with van der Waals surface area (Å²) in [6.07, 6.45) is -4.43. The Morgan fingerprint density at radius 3 is 2.15 bits per heavy atom. The van der Waals surface area contributed by atoms with Gasteiger partial charge in [0.2, 0.25) is 0 Å². The summed E-state index contributed by atoms with van der Waals surface area (Å²) in [5, 5.41) is 9.66. The first-order valence-corrected chi connectivity index (χ1v) is 8.23. The maximum atomic E-state index is 12.7. The van der Waals surface area contributed by atoms with Gasteiger partial charge in [-0.2, -0.15) is 18.4 Å². The van der Waals surface area contributed by atoms with Crippen LogP contribution >= 0.6 is 11.6 Å². The standard InChI is InChI=1S/C20H12ClF3N2O/c21-17-8-3-14(4-9-17)18-10-5-15(11-25)19(27)26(18)12-13-1-6-16(7-2-13)20(22,23)24/h1-10H,12H2. The third-order valence-electron chi connectivity index (χ3n) is 4.06. The van der Waals surface area contributed by atoms with Gasteiger partial charge in [0.15, 0.2) is 0 Å². The van der Waals surface area contributed by atoms with Gasteiger partial charge in [-0.1, -0.05) is 35.9 Å². The molecule has 3 nitrogen and oxygen atoms in total. The molecule has 3 rings (SSSR count). The van der Waals surface area contributed by atoms with E-state index in [1.165, 1.54) is 22.8 Å². The monoisotopic (exact) mass is 388 g/mol. The molecule has 0 aliphatic carbocycles. The van der Waals surface area contributed by atoms with Crippen LogP contribution in [-0.4, -0.2) is 4.57 Å². The maximum Gasteiger partial charge on any atom is 0.416 e. The lowest BCUT2D eigenvalue weighted by Gasteiger charge is -2.14. The topological polar surface area (TPSA) is 45.8 Å². The van der Waals surface area contributed by atoms with Crippen molar-refractivity contribution in [1.82, 2.24) is 4.57 Å². The highest BCUT2D eigenvalue weighted by atomic mass is 35.5. The van der Waals surface area contributed by atoms with Gasteiger partial charge in [0.1, 0.15) is 11.6 Å². The maximum absolute atomic E-state index is 12.7. The van der Waals surface area contributed by atoms with E-state index in [1.807, 2.05) is 6.07 Å². The second-order valence-electron chi connectivity index (χ2n) is 5.84. The summed E-state index contributed by atoms with van der Waals surface area (Å²) in [6, 6.07) is 16.3. The fraction of sp³-hybridized carbons (Fsp3) is 0.100. The SMILES string of the molecule is N#Cc1ccc(-c2ccc(Cl)cc2)n(Cc2ccc(C(F)(F)F)cc2)c1=O. The molecule has 0 spiro atoms. The first-order chi connectivity index (χ1) is 12.8. The lowest BCUT2D eigenvalue weighted by atomic mass is 10.1. The Hall–Kier alpha value is -3.04. The summed E-state index contributed by atoms with van der Waals surface area (Å²) in [5.74, 6) is 0. The van der Waals surface area contributed by atoms with Gasteiger partial charge in [-0.3, -0.25) is 4.79 Å². The molecule has 0 N–H and O–H groups in total. The molecule has 0 fully saturated rings. The molecular weight excluding hydrogens is 377 g/mol. The van der Waals surface area contributed by atoms with Crippen LogP contribution in [0.2, 0.25) is 5.02 Å². The number of hydrogen-bond acceptors (Lipinski definition) is 2. The Morgan fingerprint density at radius 1 is 0.963 bits per heavy atom. The molecule has 136 valence electrons. The number of pyridine rings is 1. The van der Waals surface area contributed by atoms with Crippen molar-refractivity contribution in [3.05, 3.63) is 92.7 Å². The van der Waals surface area contributed by atoms with E-state index in [0.29, 0.717) is 21.8 Å². The van der Waals surface area contributed by atoms with E-state index in [0.717, 1.165) is 12.1 Å². The van der Waals surface area contributed by atoms with Gasteiger partial charge >= 0.3 is 6.18 Å². The average molecular weight is 389 g/mol. The molecule has 0 aliphatic heterocycles. The van der Waals surface area contributed by atoms with E-state index in [9.17, 15) is 18.0 Å². The lowest BCUT2D eigenvalue weighted by molar-refractivity contribution is -0.137. The summed E-state index contributed by atoms with van der Waals surface area (Å²) in [7, 11) is 0. The Balaban J connectivity index is 2.07. The number of nitrogens with zero attached hydrogens (tertiary/aromatic N) is 2. The molecule has 0 amide bonds. The Labute approximate surface area is 157 Å². The molecule has 0 radical (unpaired) electrons. The summed E-state index contributed by atoms with van der Waals surface area (Å²) < 4.78 is 39.5. The highest BCUT2D eigenvalue weighted by Crippen LogP contribution is 2.29. The van der Waals surface area contributed by atoms with Crippen molar-refractivity contribution in [2.24, 2.45) is 0 Å². The first kappa shape index (κ1) is 18.7. The second kappa shape index (κ2) is 7.29. The quantitative estimate of drug-likeness (QED) is 0.626. The van der Waals surface area contributed by atoms with Crippen LogP contribution in [0.4, 0.5) is 13.2 Å². The van der Waals surface area contributed by atoms with Gasteiger partial charge in [0.05, 0.1) is 17.8 Å². The predicted octanol–water partition coefficient (Wildman–Crippen LogP) is 5.11. The van der Waals surface area contributed by atoms with Crippen LogP contribution < -0.4 is 5.56 Å². The minimum Gasteiger partial charge on any atom is -0.303 e. The van der Waals surface area contributed by atoms with E-state index in [2.05, 4.69) is 0 Å². The summed E-state index contributed by atoms with van der Waals surface area (Å²) in [6.45, 7) is 0.0322. The second-order valence-corrected chi connectivity index (χ2v) is 6.27. The normalized spacial score (nSPS) is 11.2. The molecule has 1 aromatic heterocycles. The van der Waals surface area contributed by atoms with Crippen molar-refractivity contribution in [2.45, 2.75) is 12.7 Å². The molecule has 2 aromatic carbocycles. The van der Waals surface area contributed by atoms with Gasteiger partial charge < -0.3 is 4.57 Å². The van der Waals surface area contributed by atoms with Crippen LogP contribution in [0.1, 0.15) is 16.7 Å². The molecule has 0 saturated heterocycles. The lowest BCUT2D eigenvalue weighted by Crippen LogP contribution is -2.24. The summed E-state index contributed by atoms with van der Waals surface area (Å²) in [5.41, 5.74) is 0.436. The van der Waals surface area contributed by atoms with E-state index >= 15 is 0 Å². The van der Waals surface area contributed by atoms with Gasteiger partial charge in [-0.15, -0.1) is 0 Å². The zero-order valence-electron chi connectivity index (χ0n) is 13.8. The highest BCUT2D eigenvalue weighted by Gasteiger charge is 2.29. The minimum absolute atomic E-state index is 0.0322. The molecule has 0 atom stereocenters. The van der Waals surface area contributed by atoms with Crippen molar-refractivity contribution in [3.63, 3.8) is 0 Å². The number of aromatic nitrogens is 1. The highest BCUT2D eigenvalue weighted by molar-refractivity contribution is 6.30. The van der Waals surface area contributed by atoms with Crippen molar-refractivity contribution >= 4 is 11.6 Å². The molecular formula is C20H12ClF3N2O. The number of alkyl halides is 3. The van der Waals surface area contributed by atoms with Crippen LogP contribution in [0.5, 0.6) is 0 Å². The number of rotatable bonds is 3. The molecule has 1 heterocycles. The molecule has 0 unspecified atom stereocenters. The van der Waals surface area contributed by atoms with Crippen molar-refractivity contribution in [2.75, 3.05) is 0 Å². The van der Waals surface area contributed by atoms with Crippen LogP contribution in [0.3, 0.4) is 0 Å². The number of nitriles is 1. The van der Waals surface area contributed by atoms with Gasteiger partial charge in [0.25, 0.3) is 5.56 Å². The van der Waals surface area contributed by atoms with Gasteiger partial charge in [-0.25, -0.2) is 0 Å². The number of hydrogen-bond donors (Lipinski definition) is 0. The molecule has 27 heavy (non-hydrogen) atoms. The van der Waals surface area contributed by atoms with Crippen LogP contribution in [-0.2, 0) is 12.7 Å².